The predicted octanol–water partition coefficient (Wildman–Crippen LogP) is 3.71. The minimum Gasteiger partial charge on any atom is -0.280 e. The van der Waals surface area contributed by atoms with E-state index in [0.717, 1.165) is 14.7 Å². The lowest BCUT2D eigenvalue weighted by Gasteiger charge is -2.10. The number of benzene rings is 2. The zero-order valence-corrected chi connectivity index (χ0v) is 13.6. The van der Waals surface area contributed by atoms with Gasteiger partial charge in [0.05, 0.1) is 4.90 Å². The molecule has 0 amide bonds. The molecule has 5 heteroatoms. The lowest BCUT2D eigenvalue weighted by molar-refractivity contribution is 0.601. The number of aryl methyl sites for hydroxylation is 2. The molecule has 3 nitrogen and oxygen atoms in total. The first-order valence-corrected chi connectivity index (χ1v) is 8.30. The van der Waals surface area contributed by atoms with Crippen LogP contribution in [0.4, 0.5) is 5.69 Å². The quantitative estimate of drug-likeness (QED) is 0.817. The van der Waals surface area contributed by atoms with Crippen LogP contribution in [0.1, 0.15) is 11.1 Å². The summed E-state index contributed by atoms with van der Waals surface area (Å²) in [5.41, 5.74) is 2.61. The third kappa shape index (κ3) is 3.48. The molecule has 0 aliphatic rings. The first kappa shape index (κ1) is 14.3. The summed E-state index contributed by atoms with van der Waals surface area (Å²) in [7, 11) is -3.52. The summed E-state index contributed by atoms with van der Waals surface area (Å²) >= 11 is 2.15. The maximum Gasteiger partial charge on any atom is 0.261 e. The van der Waals surface area contributed by atoms with Crippen molar-refractivity contribution in [2.24, 2.45) is 0 Å². The molecule has 0 saturated carbocycles. The molecule has 2 aromatic rings. The first-order valence-electron chi connectivity index (χ1n) is 5.74. The van der Waals surface area contributed by atoms with E-state index in [9.17, 15) is 8.42 Å². The molecule has 0 aromatic heterocycles. The van der Waals surface area contributed by atoms with Crippen molar-refractivity contribution in [1.29, 1.82) is 0 Å². The molecule has 19 heavy (non-hydrogen) atoms. The van der Waals surface area contributed by atoms with E-state index in [-0.39, 0.29) is 4.90 Å². The Kier molecular flexibility index (Phi) is 4.15. The van der Waals surface area contributed by atoms with E-state index < -0.39 is 10.0 Å². The Labute approximate surface area is 127 Å². The Morgan fingerprint density at radius 1 is 1.00 bits per heavy atom. The molecule has 1 N–H and O–H groups in total. The van der Waals surface area contributed by atoms with Crippen LogP contribution < -0.4 is 4.72 Å². The average Bonchev–Trinajstić information content (AvgIpc) is 2.32. The third-order valence-corrected chi connectivity index (χ3v) is 4.92. The highest BCUT2D eigenvalue weighted by atomic mass is 127. The van der Waals surface area contributed by atoms with Crippen molar-refractivity contribution in [2.75, 3.05) is 4.72 Å². The fourth-order valence-electron chi connectivity index (χ4n) is 1.65. The zero-order valence-electron chi connectivity index (χ0n) is 10.6. The predicted molar refractivity (Wildman–Crippen MR) is 85.9 cm³/mol. The van der Waals surface area contributed by atoms with Gasteiger partial charge < -0.3 is 0 Å². The summed E-state index contributed by atoms with van der Waals surface area (Å²) in [6.07, 6.45) is 0. The van der Waals surface area contributed by atoms with Gasteiger partial charge in [-0.2, -0.15) is 0 Å². The van der Waals surface area contributed by atoms with Crippen LogP contribution in [-0.2, 0) is 10.0 Å². The van der Waals surface area contributed by atoms with Crippen LogP contribution in [0.25, 0.3) is 0 Å². The molecule has 0 saturated heterocycles. The Hall–Kier alpha value is -1.08. The van der Waals surface area contributed by atoms with E-state index in [4.69, 9.17) is 0 Å². The topological polar surface area (TPSA) is 46.2 Å². The second kappa shape index (κ2) is 5.50. The van der Waals surface area contributed by atoms with Crippen molar-refractivity contribution in [3.8, 4) is 0 Å². The molecule has 0 aliphatic heterocycles. The monoisotopic (exact) mass is 387 g/mol. The maximum absolute atomic E-state index is 12.3. The lowest BCUT2D eigenvalue weighted by atomic mass is 10.1. The molecule has 0 heterocycles. The molecule has 0 atom stereocenters. The number of hydrogen-bond acceptors (Lipinski definition) is 2. The minimum atomic E-state index is -3.52. The van der Waals surface area contributed by atoms with Gasteiger partial charge in [0.15, 0.2) is 0 Å². The Morgan fingerprint density at radius 2 is 1.74 bits per heavy atom. The molecular formula is C14H14INO2S. The summed E-state index contributed by atoms with van der Waals surface area (Å²) in [5.74, 6) is 0. The average molecular weight is 387 g/mol. The van der Waals surface area contributed by atoms with E-state index in [1.54, 1.807) is 24.3 Å². The van der Waals surface area contributed by atoms with Crippen LogP contribution in [0.15, 0.2) is 47.4 Å². The fraction of sp³-hybridized carbons (Fsp3) is 0.143. The van der Waals surface area contributed by atoms with Crippen LogP contribution in [-0.4, -0.2) is 8.42 Å². The van der Waals surface area contributed by atoms with Crippen LogP contribution in [0, 0.1) is 17.4 Å². The minimum absolute atomic E-state index is 0.287. The van der Waals surface area contributed by atoms with Crippen LogP contribution in [0.2, 0.25) is 0 Å². The van der Waals surface area contributed by atoms with E-state index in [1.807, 2.05) is 32.0 Å². The van der Waals surface area contributed by atoms with Gasteiger partial charge in [-0.05, 0) is 77.9 Å². The lowest BCUT2D eigenvalue weighted by Crippen LogP contribution is -2.13. The molecule has 2 rings (SSSR count). The SMILES string of the molecule is Cc1ccc(S(=O)(=O)Nc2cccc(I)c2)cc1C. The van der Waals surface area contributed by atoms with E-state index in [1.165, 1.54) is 0 Å². The largest absolute Gasteiger partial charge is 0.280 e. The standard InChI is InChI=1S/C14H14INO2S/c1-10-6-7-14(8-11(10)2)19(17,18)16-13-5-3-4-12(15)9-13/h3-9,16H,1-2H3. The number of nitrogens with one attached hydrogen (secondary N) is 1. The third-order valence-electron chi connectivity index (χ3n) is 2.87. The number of rotatable bonds is 3. The molecule has 2 aromatic carbocycles. The number of anilines is 1. The van der Waals surface area contributed by atoms with Crippen molar-refractivity contribution in [1.82, 2.24) is 0 Å². The molecule has 0 spiro atoms. The summed E-state index contributed by atoms with van der Waals surface area (Å²) in [6.45, 7) is 3.86. The summed E-state index contributed by atoms with van der Waals surface area (Å²) in [5, 5.41) is 0. The first-order chi connectivity index (χ1) is 8.88. The molecule has 100 valence electrons. The van der Waals surface area contributed by atoms with Gasteiger partial charge >= 0.3 is 0 Å². The zero-order chi connectivity index (χ0) is 14.0. The maximum atomic E-state index is 12.3. The molecule has 0 unspecified atom stereocenters. The highest BCUT2D eigenvalue weighted by Gasteiger charge is 2.14. The normalized spacial score (nSPS) is 11.3. The van der Waals surface area contributed by atoms with Crippen molar-refractivity contribution in [3.05, 3.63) is 57.2 Å². The van der Waals surface area contributed by atoms with Crippen molar-refractivity contribution < 1.29 is 8.42 Å². The highest BCUT2D eigenvalue weighted by molar-refractivity contribution is 14.1. The van der Waals surface area contributed by atoms with E-state index in [0.29, 0.717) is 5.69 Å². The van der Waals surface area contributed by atoms with Crippen molar-refractivity contribution in [3.63, 3.8) is 0 Å². The van der Waals surface area contributed by atoms with Gasteiger partial charge in [0.2, 0.25) is 0 Å². The number of halogens is 1. The van der Waals surface area contributed by atoms with Gasteiger partial charge in [-0.3, -0.25) is 4.72 Å². The molecular weight excluding hydrogens is 373 g/mol. The van der Waals surface area contributed by atoms with E-state index in [2.05, 4.69) is 27.3 Å². The van der Waals surface area contributed by atoms with Gasteiger partial charge in [-0.25, -0.2) is 8.42 Å². The van der Waals surface area contributed by atoms with Crippen molar-refractivity contribution in [2.45, 2.75) is 18.7 Å². The number of hydrogen-bond donors (Lipinski definition) is 1. The molecule has 0 fully saturated rings. The van der Waals surface area contributed by atoms with Crippen LogP contribution in [0.3, 0.4) is 0 Å². The summed E-state index contributed by atoms with van der Waals surface area (Å²) in [6, 6.07) is 12.4. The second-order valence-electron chi connectivity index (χ2n) is 4.36. The second-order valence-corrected chi connectivity index (χ2v) is 7.29. The van der Waals surface area contributed by atoms with Gasteiger partial charge in [-0.15, -0.1) is 0 Å². The fourth-order valence-corrected chi connectivity index (χ4v) is 3.32. The molecule has 0 aliphatic carbocycles. The molecule has 0 radical (unpaired) electrons. The smallest absolute Gasteiger partial charge is 0.261 e. The Morgan fingerprint density at radius 3 is 2.37 bits per heavy atom. The van der Waals surface area contributed by atoms with Crippen LogP contribution in [0.5, 0.6) is 0 Å². The van der Waals surface area contributed by atoms with Crippen LogP contribution >= 0.6 is 22.6 Å². The van der Waals surface area contributed by atoms with Gasteiger partial charge in [0.25, 0.3) is 10.0 Å². The Bertz CT molecular complexity index is 711. The summed E-state index contributed by atoms with van der Waals surface area (Å²) < 4.78 is 28.1. The van der Waals surface area contributed by atoms with E-state index >= 15 is 0 Å². The van der Waals surface area contributed by atoms with Gasteiger partial charge in [0.1, 0.15) is 0 Å². The van der Waals surface area contributed by atoms with Gasteiger partial charge in [0, 0.05) is 9.26 Å². The molecule has 0 bridgehead atoms. The highest BCUT2D eigenvalue weighted by Crippen LogP contribution is 2.20. The Balaban J connectivity index is 2.35. The number of sulfonamides is 1. The van der Waals surface area contributed by atoms with Crippen molar-refractivity contribution >= 4 is 38.3 Å². The van der Waals surface area contributed by atoms with Gasteiger partial charge in [-0.1, -0.05) is 12.1 Å². The summed E-state index contributed by atoms with van der Waals surface area (Å²) in [4.78, 5) is 0.287.